The van der Waals surface area contributed by atoms with E-state index in [0.29, 0.717) is 23.7 Å². The molecule has 2 N–H and O–H groups in total. The lowest BCUT2D eigenvalue weighted by molar-refractivity contribution is 0.0419. The topological polar surface area (TPSA) is 117 Å². The van der Waals surface area contributed by atoms with Crippen molar-refractivity contribution in [2.24, 2.45) is 0 Å². The molecule has 0 bridgehead atoms. The Morgan fingerprint density at radius 3 is 2.70 bits per heavy atom. The van der Waals surface area contributed by atoms with E-state index in [1.807, 2.05) is 25.1 Å². The number of rotatable bonds is 7. The first-order valence-electron chi connectivity index (χ1n) is 8.42. The van der Waals surface area contributed by atoms with Crippen LogP contribution in [0.3, 0.4) is 0 Å². The van der Waals surface area contributed by atoms with Gasteiger partial charge in [0.15, 0.2) is 12.4 Å². The number of benzene rings is 1. The van der Waals surface area contributed by atoms with Gasteiger partial charge >= 0.3 is 5.97 Å². The second-order valence-electron chi connectivity index (χ2n) is 5.92. The van der Waals surface area contributed by atoms with E-state index >= 15 is 0 Å². The average Bonchev–Trinajstić information content (AvgIpc) is 3.02. The number of para-hydroxylation sites is 1. The molecule has 0 spiro atoms. The Hall–Kier alpha value is -3.20. The number of anilines is 2. The second-order valence-corrected chi connectivity index (χ2v) is 5.92. The number of nitrogens with zero attached hydrogens (tertiary/aromatic N) is 4. The number of furan rings is 1. The van der Waals surface area contributed by atoms with Crippen LogP contribution in [-0.4, -0.2) is 41.6 Å². The predicted molar refractivity (Wildman–Crippen MR) is 99.2 cm³/mol. The number of carbonyl (C=O) groups excluding carboxylic acids is 1. The molecule has 1 aromatic carbocycles. The molecule has 0 fully saturated rings. The third-order valence-corrected chi connectivity index (χ3v) is 3.75. The van der Waals surface area contributed by atoms with Gasteiger partial charge in [-0.3, -0.25) is 0 Å². The number of nitrogens with two attached hydrogens (primary N) is 1. The monoisotopic (exact) mass is 371 g/mol. The molecular weight excluding hydrogens is 350 g/mol. The van der Waals surface area contributed by atoms with Crippen molar-refractivity contribution < 1.29 is 18.7 Å². The molecule has 3 aromatic rings. The van der Waals surface area contributed by atoms with Crippen LogP contribution in [0.5, 0.6) is 0 Å². The van der Waals surface area contributed by atoms with E-state index in [1.165, 1.54) is 0 Å². The zero-order chi connectivity index (χ0) is 19.4. The fourth-order valence-electron chi connectivity index (χ4n) is 2.50. The number of esters is 1. The van der Waals surface area contributed by atoms with Crippen LogP contribution < -0.4 is 10.6 Å². The van der Waals surface area contributed by atoms with Crippen molar-refractivity contribution >= 4 is 28.8 Å². The quantitative estimate of drug-likeness (QED) is 0.623. The number of fused-ring (bicyclic) bond motifs is 1. The summed E-state index contributed by atoms with van der Waals surface area (Å²) in [5.41, 5.74) is 6.93. The lowest BCUT2D eigenvalue weighted by Crippen LogP contribution is -2.17. The molecule has 0 amide bonds. The maximum Gasteiger partial charge on any atom is 0.375 e. The Kier molecular flexibility index (Phi) is 5.51. The number of hydrogen-bond donors (Lipinski definition) is 1. The molecule has 0 radical (unpaired) electrons. The smallest absolute Gasteiger partial charge is 0.375 e. The molecule has 0 aliphatic carbocycles. The van der Waals surface area contributed by atoms with E-state index in [2.05, 4.69) is 15.0 Å². The van der Waals surface area contributed by atoms with Gasteiger partial charge in [-0.2, -0.15) is 15.0 Å². The standard InChI is InChI=1S/C18H21N5O4/c1-4-25-9-12-11-7-5-6-8-13(11)27-15(12)16(24)26-10-14-20-17(19)22-18(21-14)23(2)3/h5-8H,4,9-10H2,1-3H3,(H2,19,20,21,22). The van der Waals surface area contributed by atoms with Crippen molar-refractivity contribution in [3.8, 4) is 0 Å². The molecular formula is C18H21N5O4. The van der Waals surface area contributed by atoms with Crippen LogP contribution in [0.1, 0.15) is 28.9 Å². The van der Waals surface area contributed by atoms with Crippen molar-refractivity contribution in [1.82, 2.24) is 15.0 Å². The second kappa shape index (κ2) is 8.00. The third kappa shape index (κ3) is 4.14. The minimum atomic E-state index is -0.619. The van der Waals surface area contributed by atoms with E-state index in [4.69, 9.17) is 19.6 Å². The van der Waals surface area contributed by atoms with Crippen molar-refractivity contribution in [3.63, 3.8) is 0 Å². The normalized spacial score (nSPS) is 10.9. The van der Waals surface area contributed by atoms with Crippen LogP contribution in [0, 0.1) is 0 Å². The molecule has 0 saturated heterocycles. The van der Waals surface area contributed by atoms with Gasteiger partial charge in [-0.25, -0.2) is 4.79 Å². The minimum absolute atomic E-state index is 0.0560. The van der Waals surface area contributed by atoms with Crippen molar-refractivity contribution in [2.75, 3.05) is 31.3 Å². The highest BCUT2D eigenvalue weighted by Gasteiger charge is 2.22. The lowest BCUT2D eigenvalue weighted by Gasteiger charge is -2.11. The molecule has 3 rings (SSSR count). The Balaban J connectivity index is 1.82. The lowest BCUT2D eigenvalue weighted by atomic mass is 10.1. The molecule has 2 heterocycles. The number of ether oxygens (including phenoxy) is 2. The fourth-order valence-corrected chi connectivity index (χ4v) is 2.50. The van der Waals surface area contributed by atoms with Gasteiger partial charge in [0.25, 0.3) is 0 Å². The van der Waals surface area contributed by atoms with Gasteiger partial charge in [0.05, 0.1) is 6.61 Å². The molecule has 9 heteroatoms. The zero-order valence-electron chi connectivity index (χ0n) is 15.4. The van der Waals surface area contributed by atoms with Crippen LogP contribution in [0.25, 0.3) is 11.0 Å². The highest BCUT2D eigenvalue weighted by Crippen LogP contribution is 2.27. The van der Waals surface area contributed by atoms with Crippen molar-refractivity contribution in [1.29, 1.82) is 0 Å². The summed E-state index contributed by atoms with van der Waals surface area (Å²) in [5, 5.41) is 0.817. The molecule has 0 unspecified atom stereocenters. The largest absolute Gasteiger partial charge is 0.452 e. The molecule has 0 aliphatic heterocycles. The summed E-state index contributed by atoms with van der Waals surface area (Å²) in [6.07, 6.45) is 0. The average molecular weight is 371 g/mol. The predicted octanol–water partition coefficient (Wildman–Crippen LogP) is 2.16. The van der Waals surface area contributed by atoms with Crippen LogP contribution in [0.15, 0.2) is 28.7 Å². The maximum atomic E-state index is 12.6. The molecule has 27 heavy (non-hydrogen) atoms. The maximum absolute atomic E-state index is 12.6. The van der Waals surface area contributed by atoms with Gasteiger partial charge in [0.1, 0.15) is 5.58 Å². The van der Waals surface area contributed by atoms with Crippen molar-refractivity contribution in [2.45, 2.75) is 20.1 Å². The van der Waals surface area contributed by atoms with Gasteiger partial charge < -0.3 is 24.5 Å². The molecule has 142 valence electrons. The number of carbonyl (C=O) groups is 1. The van der Waals surface area contributed by atoms with Crippen LogP contribution in [0.4, 0.5) is 11.9 Å². The first-order chi connectivity index (χ1) is 13.0. The fraction of sp³-hybridized carbons (Fsp3) is 0.333. The molecule has 0 atom stereocenters. The van der Waals surface area contributed by atoms with Gasteiger partial charge in [0.2, 0.25) is 17.7 Å². The number of hydrogen-bond acceptors (Lipinski definition) is 9. The van der Waals surface area contributed by atoms with Crippen LogP contribution >= 0.6 is 0 Å². The number of nitrogen functional groups attached to an aromatic ring is 1. The first kappa shape index (κ1) is 18.6. The molecule has 0 aliphatic rings. The summed E-state index contributed by atoms with van der Waals surface area (Å²) in [5.74, 6) is 0.183. The molecule has 2 aromatic heterocycles. The summed E-state index contributed by atoms with van der Waals surface area (Å²) in [6, 6.07) is 7.37. The Labute approximate surface area is 156 Å². The van der Waals surface area contributed by atoms with Crippen molar-refractivity contribution in [3.05, 3.63) is 41.4 Å². The Bertz CT molecular complexity index is 954. The van der Waals surface area contributed by atoms with Crippen LogP contribution in [-0.2, 0) is 22.7 Å². The highest BCUT2D eigenvalue weighted by molar-refractivity contribution is 5.96. The summed E-state index contributed by atoms with van der Waals surface area (Å²) in [7, 11) is 3.55. The minimum Gasteiger partial charge on any atom is -0.452 e. The highest BCUT2D eigenvalue weighted by atomic mass is 16.5. The first-order valence-corrected chi connectivity index (χ1v) is 8.42. The van der Waals surface area contributed by atoms with E-state index in [1.54, 1.807) is 25.1 Å². The van der Waals surface area contributed by atoms with Gasteiger partial charge in [-0.15, -0.1) is 0 Å². The Morgan fingerprint density at radius 2 is 1.96 bits per heavy atom. The molecule has 9 nitrogen and oxygen atoms in total. The third-order valence-electron chi connectivity index (χ3n) is 3.75. The van der Waals surface area contributed by atoms with Crippen LogP contribution in [0.2, 0.25) is 0 Å². The van der Waals surface area contributed by atoms with Gasteiger partial charge in [0, 0.05) is 31.7 Å². The summed E-state index contributed by atoms with van der Waals surface area (Å²) >= 11 is 0. The van der Waals surface area contributed by atoms with E-state index in [-0.39, 0.29) is 30.7 Å². The van der Waals surface area contributed by atoms with Gasteiger partial charge in [-0.05, 0) is 13.0 Å². The Morgan fingerprint density at radius 1 is 1.19 bits per heavy atom. The summed E-state index contributed by atoms with van der Waals surface area (Å²) in [6.45, 7) is 2.50. The zero-order valence-corrected chi connectivity index (χ0v) is 15.4. The molecule has 0 saturated carbocycles. The summed E-state index contributed by atoms with van der Waals surface area (Å²) in [4.78, 5) is 26.5. The summed E-state index contributed by atoms with van der Waals surface area (Å²) < 4.78 is 16.5. The van der Waals surface area contributed by atoms with E-state index < -0.39 is 5.97 Å². The number of aromatic nitrogens is 3. The van der Waals surface area contributed by atoms with E-state index in [0.717, 1.165) is 5.39 Å². The van der Waals surface area contributed by atoms with Gasteiger partial charge in [-0.1, -0.05) is 18.2 Å². The van der Waals surface area contributed by atoms with E-state index in [9.17, 15) is 4.79 Å². The SMILES string of the molecule is CCOCc1c(C(=O)OCc2nc(N)nc(N(C)C)n2)oc2ccccc12.